The molecule has 104 valence electrons. The van der Waals surface area contributed by atoms with Crippen LogP contribution in [0.15, 0.2) is 39.4 Å². The van der Waals surface area contributed by atoms with Crippen molar-refractivity contribution in [1.82, 2.24) is 0 Å². The van der Waals surface area contributed by atoms with E-state index in [0.717, 1.165) is 28.4 Å². The number of ether oxygens (including phenoxy) is 1. The Morgan fingerprint density at radius 2 is 2.16 bits per heavy atom. The van der Waals surface area contributed by atoms with Crippen LogP contribution >= 0.6 is 22.6 Å². The Hall–Kier alpha value is -0.800. The van der Waals surface area contributed by atoms with E-state index >= 15 is 0 Å². The van der Waals surface area contributed by atoms with E-state index in [1.807, 2.05) is 18.2 Å². The molecule has 3 heteroatoms. The van der Waals surface area contributed by atoms with Crippen molar-refractivity contribution < 1.29 is 9.53 Å². The van der Waals surface area contributed by atoms with Gasteiger partial charge in [0.15, 0.2) is 0 Å². The van der Waals surface area contributed by atoms with E-state index in [4.69, 9.17) is 4.74 Å². The van der Waals surface area contributed by atoms with Crippen molar-refractivity contribution in [3.05, 3.63) is 39.4 Å². The first-order valence-corrected chi connectivity index (χ1v) is 7.96. The van der Waals surface area contributed by atoms with Crippen LogP contribution in [0.2, 0.25) is 0 Å². The lowest BCUT2D eigenvalue weighted by atomic mass is 10.1. The van der Waals surface area contributed by atoms with Gasteiger partial charge in [-0.05, 0) is 40.7 Å². The lowest BCUT2D eigenvalue weighted by Crippen LogP contribution is -1.99. The monoisotopic (exact) mass is 372 g/mol. The summed E-state index contributed by atoms with van der Waals surface area (Å²) in [6.45, 7) is 2.19. The smallest absolute Gasteiger partial charge is 0.310 e. The van der Waals surface area contributed by atoms with E-state index in [0.29, 0.717) is 6.42 Å². The molecule has 0 unspecified atom stereocenters. The number of esters is 1. The number of halogens is 1. The van der Waals surface area contributed by atoms with Crippen LogP contribution in [0.3, 0.4) is 0 Å². The summed E-state index contributed by atoms with van der Waals surface area (Å²) >= 11 is 2.20. The van der Waals surface area contributed by atoms with E-state index in [9.17, 15) is 4.79 Å². The molecule has 0 saturated heterocycles. The molecule has 0 atom stereocenters. The van der Waals surface area contributed by atoms with E-state index in [1.54, 1.807) is 6.26 Å². The van der Waals surface area contributed by atoms with Gasteiger partial charge < -0.3 is 4.74 Å². The fraction of sp³-hybridized carbons (Fsp3) is 0.500. The van der Waals surface area contributed by atoms with Crippen LogP contribution in [0.5, 0.6) is 0 Å². The van der Waals surface area contributed by atoms with Gasteiger partial charge in [-0.25, -0.2) is 0 Å². The largest absolute Gasteiger partial charge is 0.434 e. The Morgan fingerprint density at radius 1 is 1.37 bits per heavy atom. The standard InChI is InChI=1S/C16H21IO2/c1-2-3-4-5-6-11-16(18)19-13-15(17)12-14-9-7-8-10-14/h7-9,13H,2-6,11-12H2,1H3/b15-13-. The molecule has 0 N–H and O–H groups in total. The fourth-order valence-corrected chi connectivity index (χ4v) is 2.30. The van der Waals surface area contributed by atoms with Crippen molar-refractivity contribution in [2.75, 3.05) is 0 Å². The minimum Gasteiger partial charge on any atom is -0.434 e. The summed E-state index contributed by atoms with van der Waals surface area (Å²) in [6, 6.07) is 0. The van der Waals surface area contributed by atoms with E-state index in [2.05, 4.69) is 35.2 Å². The first-order valence-electron chi connectivity index (χ1n) is 6.88. The summed E-state index contributed by atoms with van der Waals surface area (Å²) in [4.78, 5) is 11.5. The van der Waals surface area contributed by atoms with Gasteiger partial charge in [0.2, 0.25) is 0 Å². The van der Waals surface area contributed by atoms with Gasteiger partial charge >= 0.3 is 5.97 Å². The highest BCUT2D eigenvalue weighted by Gasteiger charge is 2.03. The highest BCUT2D eigenvalue weighted by molar-refractivity contribution is 14.1. The molecular formula is C16H21IO2. The van der Waals surface area contributed by atoms with Crippen LogP contribution in [0.4, 0.5) is 0 Å². The van der Waals surface area contributed by atoms with Crippen LogP contribution in [-0.4, -0.2) is 5.97 Å². The zero-order valence-corrected chi connectivity index (χ0v) is 13.6. The van der Waals surface area contributed by atoms with Crippen LogP contribution in [0, 0.1) is 0 Å². The highest BCUT2D eigenvalue weighted by Crippen LogP contribution is 2.20. The molecule has 0 amide bonds. The number of allylic oxidation sites excluding steroid dienone is 4. The molecule has 2 nitrogen and oxygen atoms in total. The lowest BCUT2D eigenvalue weighted by molar-refractivity contribution is -0.138. The van der Waals surface area contributed by atoms with Crippen LogP contribution < -0.4 is 0 Å². The molecule has 0 radical (unpaired) electrons. The lowest BCUT2D eigenvalue weighted by Gasteiger charge is -2.01. The van der Waals surface area contributed by atoms with E-state index in [1.165, 1.54) is 19.3 Å². The van der Waals surface area contributed by atoms with E-state index in [-0.39, 0.29) is 5.97 Å². The molecule has 0 aliphatic heterocycles. The van der Waals surface area contributed by atoms with Crippen molar-refractivity contribution in [1.29, 1.82) is 0 Å². The van der Waals surface area contributed by atoms with Gasteiger partial charge in [-0.15, -0.1) is 5.73 Å². The van der Waals surface area contributed by atoms with Crippen molar-refractivity contribution >= 4 is 28.6 Å². The molecule has 0 heterocycles. The molecule has 0 spiro atoms. The van der Waals surface area contributed by atoms with Gasteiger partial charge in [0, 0.05) is 16.4 Å². The Labute approximate surface area is 129 Å². The average Bonchev–Trinajstić information content (AvgIpc) is 2.89. The van der Waals surface area contributed by atoms with Gasteiger partial charge in [0.05, 0.1) is 0 Å². The summed E-state index contributed by atoms with van der Waals surface area (Å²) in [5.41, 5.74) is 4.24. The molecule has 0 saturated carbocycles. The number of carbonyl (C=O) groups excluding carboxylic acids is 1. The second-order valence-corrected chi connectivity index (χ2v) is 5.98. The molecule has 0 bridgehead atoms. The topological polar surface area (TPSA) is 26.3 Å². The van der Waals surface area contributed by atoms with Crippen LogP contribution in [-0.2, 0) is 9.53 Å². The summed E-state index contributed by atoms with van der Waals surface area (Å²) in [5.74, 6) is -0.128. The second-order valence-electron chi connectivity index (χ2n) is 4.59. The zero-order valence-electron chi connectivity index (χ0n) is 11.5. The Morgan fingerprint density at radius 3 is 2.84 bits per heavy atom. The summed E-state index contributed by atoms with van der Waals surface area (Å²) in [6.07, 6.45) is 14.5. The normalized spacial score (nSPS) is 13.8. The third kappa shape index (κ3) is 8.06. The maximum atomic E-state index is 11.5. The van der Waals surface area contributed by atoms with Gasteiger partial charge in [0.25, 0.3) is 0 Å². The average molecular weight is 372 g/mol. The van der Waals surface area contributed by atoms with Gasteiger partial charge in [-0.1, -0.05) is 44.8 Å². The molecule has 1 aliphatic rings. The van der Waals surface area contributed by atoms with Crippen LogP contribution in [0.25, 0.3) is 0 Å². The van der Waals surface area contributed by atoms with E-state index < -0.39 is 0 Å². The molecule has 1 aliphatic carbocycles. The first-order chi connectivity index (χ1) is 9.22. The third-order valence-corrected chi connectivity index (χ3v) is 3.46. The minimum absolute atomic E-state index is 0.128. The molecule has 0 aromatic carbocycles. The molecule has 0 fully saturated rings. The van der Waals surface area contributed by atoms with Crippen molar-refractivity contribution in [2.45, 2.75) is 51.9 Å². The Balaban J connectivity index is 2.14. The first kappa shape index (κ1) is 16.3. The third-order valence-electron chi connectivity index (χ3n) is 2.82. The Bertz CT molecular complexity index is 412. The van der Waals surface area contributed by atoms with Gasteiger partial charge in [-0.2, -0.15) is 0 Å². The molecule has 1 rings (SSSR count). The summed E-state index contributed by atoms with van der Waals surface area (Å²) in [7, 11) is 0. The number of hydrogen-bond donors (Lipinski definition) is 0. The summed E-state index contributed by atoms with van der Waals surface area (Å²) in [5, 5.41) is 0. The highest BCUT2D eigenvalue weighted by atomic mass is 127. The molecule has 0 aromatic heterocycles. The number of unbranched alkanes of at least 4 members (excludes halogenated alkanes) is 4. The number of carbonyl (C=O) groups is 1. The fourth-order valence-electron chi connectivity index (χ4n) is 1.76. The van der Waals surface area contributed by atoms with Crippen LogP contribution in [0.1, 0.15) is 51.9 Å². The van der Waals surface area contributed by atoms with Gasteiger partial charge in [0.1, 0.15) is 6.26 Å². The van der Waals surface area contributed by atoms with Gasteiger partial charge in [-0.3, -0.25) is 4.79 Å². The number of rotatable bonds is 9. The summed E-state index contributed by atoms with van der Waals surface area (Å²) < 4.78 is 6.15. The second kappa shape index (κ2) is 10.0. The minimum atomic E-state index is -0.128. The molecule has 0 aromatic rings. The van der Waals surface area contributed by atoms with Crippen molar-refractivity contribution in [3.8, 4) is 0 Å². The zero-order chi connectivity index (χ0) is 13.9. The quantitative estimate of drug-likeness (QED) is 0.183. The number of hydrogen-bond acceptors (Lipinski definition) is 2. The predicted octanol–water partition coefficient (Wildman–Crippen LogP) is 5.21. The SMILES string of the molecule is CCCCCCCC(=O)O/C=C(\I)CC1=C=CC=C1. The molecule has 19 heavy (non-hydrogen) atoms. The predicted molar refractivity (Wildman–Crippen MR) is 86.9 cm³/mol. The maximum Gasteiger partial charge on any atom is 0.310 e. The molecular weight excluding hydrogens is 351 g/mol. The van der Waals surface area contributed by atoms with Crippen molar-refractivity contribution in [2.24, 2.45) is 0 Å². The van der Waals surface area contributed by atoms with Crippen molar-refractivity contribution in [3.63, 3.8) is 0 Å². The Kier molecular flexibility index (Phi) is 8.59. The maximum absolute atomic E-state index is 11.5.